The number of quaternary nitrogens is 1. The van der Waals surface area contributed by atoms with E-state index in [9.17, 15) is 19.5 Å². The number of amides is 1. The van der Waals surface area contributed by atoms with Crippen molar-refractivity contribution in [2.75, 3.05) is 33.3 Å². The number of furan rings is 1. The summed E-state index contributed by atoms with van der Waals surface area (Å²) in [5.41, 5.74) is 0.981. The summed E-state index contributed by atoms with van der Waals surface area (Å²) in [6.45, 7) is 12.3. The van der Waals surface area contributed by atoms with Gasteiger partial charge in [0.1, 0.15) is 23.3 Å². The Kier molecular flexibility index (Phi) is 7.66. The van der Waals surface area contributed by atoms with Crippen molar-refractivity contribution in [2.45, 2.75) is 47.1 Å². The first kappa shape index (κ1) is 25.3. The molecule has 1 atom stereocenters. The standard InChI is InChI=1S/C25H33N3O6/c1-7-27(8-2)12-9-13-28-21(17-11-10-14(3)34-17)19(23(30)24(28)31)22(29)18-15(4)20(25(32)33-6)26-16(18)5/h10-11,21,26,29H,7-9,12-13H2,1-6H3/b22-19+. The number of nitrogens with one attached hydrogen (secondary N) is 2. The van der Waals surface area contributed by atoms with Crippen LogP contribution in [0.4, 0.5) is 0 Å². The van der Waals surface area contributed by atoms with Crippen molar-refractivity contribution in [3.05, 3.63) is 51.7 Å². The van der Waals surface area contributed by atoms with E-state index >= 15 is 0 Å². The maximum atomic E-state index is 13.7. The van der Waals surface area contributed by atoms with Gasteiger partial charge < -0.3 is 29.0 Å². The predicted octanol–water partition coefficient (Wildman–Crippen LogP) is 0.858. The van der Waals surface area contributed by atoms with Crippen LogP contribution in [-0.4, -0.2) is 60.8 Å². The lowest BCUT2D eigenvalue weighted by atomic mass is 9.97. The van der Waals surface area contributed by atoms with Gasteiger partial charge in [-0.3, -0.25) is 9.59 Å². The number of likely N-dealkylation sites (tertiary alicyclic amines) is 1. The third kappa shape index (κ3) is 4.52. The molecule has 1 unspecified atom stereocenters. The van der Waals surface area contributed by atoms with E-state index in [2.05, 4.69) is 18.8 Å². The molecule has 1 aliphatic heterocycles. The van der Waals surface area contributed by atoms with E-state index in [-0.39, 0.29) is 16.8 Å². The van der Waals surface area contributed by atoms with Crippen molar-refractivity contribution >= 4 is 23.4 Å². The first-order valence-electron chi connectivity index (χ1n) is 11.6. The highest BCUT2D eigenvalue weighted by atomic mass is 16.5. The smallest absolute Gasteiger partial charge is 0.354 e. The van der Waals surface area contributed by atoms with Gasteiger partial charge in [0.05, 0.1) is 26.7 Å². The third-order valence-corrected chi connectivity index (χ3v) is 6.54. The van der Waals surface area contributed by atoms with Crippen LogP contribution in [0.15, 0.2) is 22.1 Å². The number of aryl methyl sites for hydroxylation is 2. The van der Waals surface area contributed by atoms with Gasteiger partial charge in [-0.05, 0) is 57.9 Å². The number of Topliss-reactive ketones (excluding diaryl/α,β-unsaturated/α-hetero) is 1. The number of ketones is 1. The largest absolute Gasteiger partial charge is 0.872 e. The van der Waals surface area contributed by atoms with E-state index in [4.69, 9.17) is 9.15 Å². The van der Waals surface area contributed by atoms with E-state index < -0.39 is 29.5 Å². The van der Waals surface area contributed by atoms with Crippen LogP contribution < -0.4 is 10.0 Å². The van der Waals surface area contributed by atoms with Crippen LogP contribution in [0, 0.1) is 20.8 Å². The van der Waals surface area contributed by atoms with Crippen molar-refractivity contribution in [3.63, 3.8) is 0 Å². The number of aromatic nitrogens is 1. The van der Waals surface area contributed by atoms with E-state index in [0.29, 0.717) is 35.7 Å². The summed E-state index contributed by atoms with van der Waals surface area (Å²) in [6, 6.07) is 2.52. The van der Waals surface area contributed by atoms with Crippen LogP contribution in [0.2, 0.25) is 0 Å². The molecular formula is C25H33N3O6. The maximum Gasteiger partial charge on any atom is 0.354 e. The second-order valence-electron chi connectivity index (χ2n) is 8.60. The summed E-state index contributed by atoms with van der Waals surface area (Å²) in [5, 5.41) is 13.7. The molecule has 3 rings (SSSR count). The molecule has 34 heavy (non-hydrogen) atoms. The van der Waals surface area contributed by atoms with Crippen LogP contribution in [-0.2, 0) is 14.3 Å². The molecule has 0 radical (unpaired) electrons. The van der Waals surface area contributed by atoms with Gasteiger partial charge in [-0.25, -0.2) is 4.79 Å². The summed E-state index contributed by atoms with van der Waals surface area (Å²) < 4.78 is 10.6. The van der Waals surface area contributed by atoms with E-state index in [1.165, 1.54) is 16.9 Å². The number of hydrogen-bond acceptors (Lipinski definition) is 6. The fourth-order valence-electron chi connectivity index (χ4n) is 4.63. The van der Waals surface area contributed by atoms with E-state index in [0.717, 1.165) is 19.6 Å². The van der Waals surface area contributed by atoms with Gasteiger partial charge in [0.25, 0.3) is 5.91 Å². The van der Waals surface area contributed by atoms with Crippen LogP contribution in [0.25, 0.3) is 5.76 Å². The lowest BCUT2D eigenvalue weighted by Gasteiger charge is -2.26. The van der Waals surface area contributed by atoms with Gasteiger partial charge in [0, 0.05) is 24.2 Å². The third-order valence-electron chi connectivity index (χ3n) is 6.54. The molecule has 0 aliphatic carbocycles. The number of hydrogen-bond donors (Lipinski definition) is 2. The Morgan fingerprint density at radius 1 is 1.21 bits per heavy atom. The first-order chi connectivity index (χ1) is 16.2. The molecule has 0 bridgehead atoms. The molecule has 0 saturated carbocycles. The number of carbonyl (C=O) groups excluding carboxylic acids is 3. The normalized spacial score (nSPS) is 17.7. The zero-order valence-corrected chi connectivity index (χ0v) is 20.7. The molecule has 2 aromatic rings. The Morgan fingerprint density at radius 2 is 1.88 bits per heavy atom. The molecule has 0 aromatic carbocycles. The minimum absolute atomic E-state index is 0.144. The highest BCUT2D eigenvalue weighted by Gasteiger charge is 2.45. The summed E-state index contributed by atoms with van der Waals surface area (Å²) >= 11 is 0. The molecule has 2 aromatic heterocycles. The summed E-state index contributed by atoms with van der Waals surface area (Å²) in [4.78, 5) is 44.0. The Balaban J connectivity index is 2.09. The van der Waals surface area contributed by atoms with E-state index in [1.54, 1.807) is 32.9 Å². The molecule has 1 saturated heterocycles. The van der Waals surface area contributed by atoms with Gasteiger partial charge in [-0.15, -0.1) is 0 Å². The molecule has 0 spiro atoms. The van der Waals surface area contributed by atoms with Crippen LogP contribution in [0.3, 0.4) is 0 Å². The zero-order chi connectivity index (χ0) is 25.2. The molecule has 9 heteroatoms. The molecule has 1 fully saturated rings. The first-order valence-corrected chi connectivity index (χ1v) is 11.6. The number of H-pyrrole nitrogens is 1. The number of rotatable bonds is 9. The van der Waals surface area contributed by atoms with Crippen molar-refractivity contribution in [2.24, 2.45) is 0 Å². The Hall–Kier alpha value is -3.33. The van der Waals surface area contributed by atoms with Crippen molar-refractivity contribution in [1.29, 1.82) is 0 Å². The minimum atomic E-state index is -0.914. The van der Waals surface area contributed by atoms with Gasteiger partial charge in [-0.2, -0.15) is 0 Å². The molecule has 9 nitrogen and oxygen atoms in total. The number of nitrogens with zero attached hydrogens (tertiary/aromatic N) is 1. The molecule has 1 amide bonds. The summed E-state index contributed by atoms with van der Waals surface area (Å²) in [6.07, 6.45) is 0.683. The molecule has 2 N–H and O–H groups in total. The summed E-state index contributed by atoms with van der Waals surface area (Å²) in [5.74, 6) is -1.76. The highest BCUT2D eigenvalue weighted by molar-refractivity contribution is 6.46. The molecular weight excluding hydrogens is 438 g/mol. The number of aromatic amines is 1. The fraction of sp³-hybridized carbons (Fsp3) is 0.480. The number of esters is 1. The lowest BCUT2D eigenvalue weighted by Crippen LogP contribution is -3.11. The van der Waals surface area contributed by atoms with E-state index in [1.807, 2.05) is 0 Å². The monoisotopic (exact) mass is 471 g/mol. The maximum absolute atomic E-state index is 13.7. The SMILES string of the molecule is CC[NH+](CC)CCCN1C(=O)C(=O)/C(=C(/[O-])c2c(C)[nH]c(C(=O)OC)c2C)C1c1ccc(C)o1. The second kappa shape index (κ2) is 10.3. The second-order valence-corrected chi connectivity index (χ2v) is 8.60. The minimum Gasteiger partial charge on any atom is -0.872 e. The van der Waals surface area contributed by atoms with Crippen LogP contribution in [0.1, 0.15) is 65.1 Å². The Labute approximate surface area is 199 Å². The predicted molar refractivity (Wildman–Crippen MR) is 123 cm³/mol. The number of carbonyl (C=O) groups is 3. The van der Waals surface area contributed by atoms with Gasteiger partial charge in [0.2, 0.25) is 5.78 Å². The molecule has 1 aliphatic rings. The lowest BCUT2D eigenvalue weighted by molar-refractivity contribution is -0.896. The number of methoxy groups -OCH3 is 1. The summed E-state index contributed by atoms with van der Waals surface area (Å²) in [7, 11) is 1.25. The fourth-order valence-corrected chi connectivity index (χ4v) is 4.63. The van der Waals surface area contributed by atoms with Crippen molar-refractivity contribution in [3.8, 4) is 0 Å². The van der Waals surface area contributed by atoms with Crippen LogP contribution in [0.5, 0.6) is 0 Å². The molecule has 3 heterocycles. The Morgan fingerprint density at radius 3 is 2.44 bits per heavy atom. The quantitative estimate of drug-likeness (QED) is 0.242. The van der Waals surface area contributed by atoms with Crippen LogP contribution >= 0.6 is 0 Å². The Bertz CT molecular complexity index is 1120. The van der Waals surface area contributed by atoms with Gasteiger partial charge in [0.15, 0.2) is 0 Å². The van der Waals surface area contributed by atoms with Crippen molar-refractivity contribution < 1.29 is 33.5 Å². The highest BCUT2D eigenvalue weighted by Crippen LogP contribution is 2.40. The zero-order valence-electron chi connectivity index (χ0n) is 20.7. The number of ether oxygens (including phenoxy) is 1. The topological polar surface area (TPSA) is 120 Å². The van der Waals surface area contributed by atoms with Crippen molar-refractivity contribution in [1.82, 2.24) is 9.88 Å². The molecule has 184 valence electrons. The average molecular weight is 472 g/mol. The van der Waals surface area contributed by atoms with Gasteiger partial charge >= 0.3 is 5.97 Å². The average Bonchev–Trinajstić information content (AvgIpc) is 3.45. The van der Waals surface area contributed by atoms with Gasteiger partial charge in [-0.1, -0.05) is 5.76 Å².